The van der Waals surface area contributed by atoms with Gasteiger partial charge in [-0.05, 0) is 79.3 Å². The van der Waals surface area contributed by atoms with E-state index in [-0.39, 0.29) is 5.11 Å². The zero-order valence-electron chi connectivity index (χ0n) is 20.2. The molecule has 1 amide bonds. The Bertz CT molecular complexity index is 1710. The van der Waals surface area contributed by atoms with E-state index in [9.17, 15) is 4.79 Å². The zero-order valence-corrected chi connectivity index (χ0v) is 23.3. The molecule has 0 aliphatic carbocycles. The molecule has 0 spiro atoms. The fourth-order valence-corrected chi connectivity index (χ4v) is 5.24. The van der Waals surface area contributed by atoms with Crippen molar-refractivity contribution in [2.45, 2.75) is 20.3 Å². The molecule has 0 unspecified atom stereocenters. The first kappa shape index (κ1) is 26.1. The second-order valence-electron chi connectivity index (χ2n) is 8.20. The normalized spacial score (nSPS) is 11.4. The lowest BCUT2D eigenvalue weighted by atomic mass is 10.1. The van der Waals surface area contributed by atoms with Gasteiger partial charge in [0.2, 0.25) is 10.9 Å². The molecule has 5 aromatic rings. The van der Waals surface area contributed by atoms with Gasteiger partial charge in [-0.3, -0.25) is 10.1 Å². The van der Waals surface area contributed by atoms with Crippen LogP contribution < -0.4 is 10.6 Å². The van der Waals surface area contributed by atoms with E-state index in [2.05, 4.69) is 25.9 Å². The molecule has 0 aliphatic rings. The van der Waals surface area contributed by atoms with Crippen LogP contribution in [0.1, 0.15) is 24.1 Å². The first-order valence-corrected chi connectivity index (χ1v) is 13.5. The molecule has 2 N–H and O–H groups in total. The van der Waals surface area contributed by atoms with Gasteiger partial charge in [0.1, 0.15) is 16.5 Å². The maximum atomic E-state index is 12.4. The van der Waals surface area contributed by atoms with Gasteiger partial charge >= 0.3 is 0 Å². The fraction of sp³-hybridized carbons (Fsp3) is 0.115. The van der Waals surface area contributed by atoms with Crippen LogP contribution in [0.2, 0.25) is 10.0 Å². The minimum absolute atomic E-state index is 0.176. The van der Waals surface area contributed by atoms with Gasteiger partial charge in [-0.15, -0.1) is 10.2 Å². The fourth-order valence-electron chi connectivity index (χ4n) is 3.67. The standard InChI is InChI=1S/C26H20Cl2N6O2S2/c1-3-22-31-32-26-34(22)33-24(38-26)15-4-9-20(14(2)12-15)29-25(37)30-23(35)11-7-17-6-10-21(36-17)18-8-5-16(27)13-19(18)28/h4-13H,3H2,1-2H3,(H2,29,30,35,37)/b11-7+. The number of halogens is 2. The summed E-state index contributed by atoms with van der Waals surface area (Å²) < 4.78 is 7.55. The van der Waals surface area contributed by atoms with E-state index < -0.39 is 5.91 Å². The summed E-state index contributed by atoms with van der Waals surface area (Å²) in [5, 5.41) is 20.7. The third-order valence-corrected chi connectivity index (χ3v) is 7.25. The molecule has 0 atom stereocenters. The largest absolute Gasteiger partial charge is 0.457 e. The number of aryl methyl sites for hydroxylation is 2. The third kappa shape index (κ3) is 5.63. The lowest BCUT2D eigenvalue weighted by Gasteiger charge is -2.11. The second kappa shape index (κ2) is 11.0. The van der Waals surface area contributed by atoms with Crippen molar-refractivity contribution < 1.29 is 9.21 Å². The van der Waals surface area contributed by atoms with Crippen LogP contribution in [0.5, 0.6) is 0 Å². The highest BCUT2D eigenvalue weighted by Gasteiger charge is 2.13. The number of nitrogens with zero attached hydrogens (tertiary/aromatic N) is 4. The first-order chi connectivity index (χ1) is 18.3. The number of furan rings is 1. The van der Waals surface area contributed by atoms with Gasteiger partial charge in [0, 0.05) is 34.3 Å². The highest BCUT2D eigenvalue weighted by Crippen LogP contribution is 2.32. The van der Waals surface area contributed by atoms with Crippen LogP contribution >= 0.6 is 46.8 Å². The summed E-state index contributed by atoms with van der Waals surface area (Å²) in [6, 6.07) is 14.5. The maximum absolute atomic E-state index is 12.4. The first-order valence-electron chi connectivity index (χ1n) is 11.5. The number of hydrogen-bond acceptors (Lipinski definition) is 7. The summed E-state index contributed by atoms with van der Waals surface area (Å²) in [6.07, 6.45) is 3.65. The number of hydrogen-bond donors (Lipinski definition) is 2. The van der Waals surface area contributed by atoms with Crippen LogP contribution in [0, 0.1) is 6.92 Å². The van der Waals surface area contributed by atoms with E-state index in [0.717, 1.165) is 39.0 Å². The number of thiocarbonyl (C=S) groups is 1. The van der Waals surface area contributed by atoms with E-state index in [0.29, 0.717) is 27.1 Å². The van der Waals surface area contributed by atoms with Gasteiger partial charge in [-0.25, -0.2) is 0 Å². The number of rotatable bonds is 6. The molecule has 38 heavy (non-hydrogen) atoms. The second-order valence-corrected chi connectivity index (χ2v) is 10.4. The maximum Gasteiger partial charge on any atom is 0.250 e. The molecule has 0 radical (unpaired) electrons. The van der Waals surface area contributed by atoms with E-state index in [1.165, 1.54) is 17.4 Å². The molecule has 0 saturated heterocycles. The van der Waals surface area contributed by atoms with E-state index in [1.54, 1.807) is 40.9 Å². The predicted octanol–water partition coefficient (Wildman–Crippen LogP) is 6.82. The third-order valence-electron chi connectivity index (χ3n) is 5.55. The molecule has 192 valence electrons. The Morgan fingerprint density at radius 1 is 1.16 bits per heavy atom. The van der Waals surface area contributed by atoms with E-state index in [4.69, 9.17) is 39.8 Å². The molecule has 0 fully saturated rings. The van der Waals surface area contributed by atoms with E-state index >= 15 is 0 Å². The minimum Gasteiger partial charge on any atom is -0.457 e. The SMILES string of the molecule is CCc1nnc2sc(-c3ccc(NC(=S)NC(=O)/C=C/c4ccc(-c5ccc(Cl)cc5Cl)o4)c(C)c3)nn12. The van der Waals surface area contributed by atoms with Crippen molar-refractivity contribution in [2.75, 3.05) is 5.32 Å². The summed E-state index contributed by atoms with van der Waals surface area (Å²) in [5.41, 5.74) is 3.39. The molecular formula is C26H20Cl2N6O2S2. The zero-order chi connectivity index (χ0) is 26.8. The minimum atomic E-state index is -0.397. The summed E-state index contributed by atoms with van der Waals surface area (Å²) in [5.74, 6) is 1.48. The Morgan fingerprint density at radius 2 is 2.00 bits per heavy atom. The van der Waals surface area contributed by atoms with Crippen LogP contribution in [-0.2, 0) is 11.2 Å². The van der Waals surface area contributed by atoms with Gasteiger partial charge in [0.05, 0.1) is 5.02 Å². The molecule has 0 saturated carbocycles. The van der Waals surface area contributed by atoms with Crippen molar-refractivity contribution >= 4 is 74.5 Å². The van der Waals surface area contributed by atoms with Crippen molar-refractivity contribution in [1.82, 2.24) is 25.1 Å². The number of benzene rings is 2. The Labute approximate surface area is 237 Å². The molecule has 5 rings (SSSR count). The number of amides is 1. The quantitative estimate of drug-likeness (QED) is 0.167. The van der Waals surface area contributed by atoms with Crippen molar-refractivity contribution in [1.29, 1.82) is 0 Å². The molecule has 12 heteroatoms. The van der Waals surface area contributed by atoms with Crippen molar-refractivity contribution in [2.24, 2.45) is 0 Å². The lowest BCUT2D eigenvalue weighted by Crippen LogP contribution is -2.33. The molecule has 8 nitrogen and oxygen atoms in total. The van der Waals surface area contributed by atoms with Crippen LogP contribution in [0.3, 0.4) is 0 Å². The van der Waals surface area contributed by atoms with Crippen molar-refractivity contribution in [3.05, 3.63) is 81.8 Å². The average Bonchev–Trinajstić information content (AvgIpc) is 3.60. The number of anilines is 1. The smallest absolute Gasteiger partial charge is 0.250 e. The topological polar surface area (TPSA) is 97.3 Å². The lowest BCUT2D eigenvalue weighted by molar-refractivity contribution is -0.115. The average molecular weight is 584 g/mol. The monoisotopic (exact) mass is 582 g/mol. The van der Waals surface area contributed by atoms with Gasteiger partial charge in [0.15, 0.2) is 10.9 Å². The number of aromatic nitrogens is 4. The van der Waals surface area contributed by atoms with Gasteiger partial charge in [0.25, 0.3) is 0 Å². The molecular weight excluding hydrogens is 563 g/mol. The summed E-state index contributed by atoms with van der Waals surface area (Å²) in [7, 11) is 0. The number of nitrogens with one attached hydrogen (secondary N) is 2. The van der Waals surface area contributed by atoms with E-state index in [1.807, 2.05) is 32.0 Å². The van der Waals surface area contributed by atoms with Crippen LogP contribution in [0.4, 0.5) is 5.69 Å². The summed E-state index contributed by atoms with van der Waals surface area (Å²) >= 11 is 19.0. The Kier molecular flexibility index (Phi) is 7.57. The molecule has 3 aromatic heterocycles. The Hall–Kier alpha value is -3.57. The molecule has 3 heterocycles. The van der Waals surface area contributed by atoms with Crippen LogP contribution in [0.15, 0.2) is 59.0 Å². The Morgan fingerprint density at radius 3 is 2.76 bits per heavy atom. The van der Waals surface area contributed by atoms with Gasteiger partial charge in [-0.2, -0.15) is 9.61 Å². The van der Waals surface area contributed by atoms with Gasteiger partial charge in [-0.1, -0.05) is 41.5 Å². The summed E-state index contributed by atoms with van der Waals surface area (Å²) in [6.45, 7) is 3.97. The van der Waals surface area contributed by atoms with Crippen LogP contribution in [-0.4, -0.2) is 30.8 Å². The summed E-state index contributed by atoms with van der Waals surface area (Å²) in [4.78, 5) is 13.2. The molecule has 2 aromatic carbocycles. The van der Waals surface area contributed by atoms with Crippen molar-refractivity contribution in [3.63, 3.8) is 0 Å². The number of carbonyl (C=O) groups excluding carboxylic acids is 1. The van der Waals surface area contributed by atoms with Gasteiger partial charge < -0.3 is 9.73 Å². The van der Waals surface area contributed by atoms with Crippen molar-refractivity contribution in [3.8, 4) is 21.9 Å². The highest BCUT2D eigenvalue weighted by atomic mass is 35.5. The predicted molar refractivity (Wildman–Crippen MR) is 156 cm³/mol. The number of fused-ring (bicyclic) bond motifs is 1. The molecule has 0 bridgehead atoms. The molecule has 0 aliphatic heterocycles. The van der Waals surface area contributed by atoms with Crippen LogP contribution in [0.25, 0.3) is 32.9 Å². The number of carbonyl (C=O) groups is 1. The Balaban J connectivity index is 1.20. The highest BCUT2D eigenvalue weighted by molar-refractivity contribution is 7.80.